The zero-order valence-electron chi connectivity index (χ0n) is 16.1. The first kappa shape index (κ1) is 21.1. The standard InChI is InChI=1S/C23H19F3N2O2/c1-14-6-7-16(12-21(14)28-23(30)19-4-2-3-5-20(19)26)22(29)27-9-8-15-10-17(24)13-18(25)11-15/h2-7,10-13H,8-9H2,1H3,(H,27,29)(H,28,30). The van der Waals surface area contributed by atoms with Gasteiger partial charge < -0.3 is 10.6 Å². The van der Waals surface area contributed by atoms with E-state index in [1.54, 1.807) is 25.1 Å². The Balaban J connectivity index is 1.65. The van der Waals surface area contributed by atoms with E-state index >= 15 is 0 Å². The van der Waals surface area contributed by atoms with E-state index in [1.807, 2.05) is 0 Å². The van der Waals surface area contributed by atoms with Crippen molar-refractivity contribution in [3.8, 4) is 0 Å². The number of halogens is 3. The number of carbonyl (C=O) groups is 2. The van der Waals surface area contributed by atoms with E-state index in [-0.39, 0.29) is 24.1 Å². The topological polar surface area (TPSA) is 58.2 Å². The Bertz CT molecular complexity index is 1080. The van der Waals surface area contributed by atoms with Gasteiger partial charge in [0.1, 0.15) is 17.5 Å². The molecule has 0 saturated heterocycles. The molecule has 0 heterocycles. The number of rotatable bonds is 6. The lowest BCUT2D eigenvalue weighted by Gasteiger charge is -2.12. The van der Waals surface area contributed by atoms with Crippen molar-refractivity contribution >= 4 is 17.5 Å². The summed E-state index contributed by atoms with van der Waals surface area (Å²) in [6.45, 7) is 1.92. The lowest BCUT2D eigenvalue weighted by molar-refractivity contribution is 0.0952. The van der Waals surface area contributed by atoms with E-state index in [0.717, 1.165) is 6.07 Å². The Morgan fingerprint density at radius 3 is 2.27 bits per heavy atom. The molecule has 0 saturated carbocycles. The smallest absolute Gasteiger partial charge is 0.258 e. The van der Waals surface area contributed by atoms with Crippen molar-refractivity contribution in [1.29, 1.82) is 0 Å². The van der Waals surface area contributed by atoms with Gasteiger partial charge in [-0.3, -0.25) is 9.59 Å². The molecule has 0 fully saturated rings. The molecule has 0 aromatic heterocycles. The Labute approximate surface area is 171 Å². The maximum Gasteiger partial charge on any atom is 0.258 e. The number of anilines is 1. The molecule has 0 aliphatic heterocycles. The van der Waals surface area contributed by atoms with Crippen molar-refractivity contribution in [2.45, 2.75) is 13.3 Å². The van der Waals surface area contributed by atoms with Crippen LogP contribution in [0.15, 0.2) is 60.7 Å². The third kappa shape index (κ3) is 5.26. The largest absolute Gasteiger partial charge is 0.352 e. The fraction of sp³-hybridized carbons (Fsp3) is 0.130. The van der Waals surface area contributed by atoms with Crippen molar-refractivity contribution in [2.75, 3.05) is 11.9 Å². The van der Waals surface area contributed by atoms with Crippen molar-refractivity contribution in [3.05, 3.63) is 100 Å². The molecule has 3 rings (SSSR count). The van der Waals surface area contributed by atoms with Crippen molar-refractivity contribution in [1.82, 2.24) is 5.32 Å². The molecule has 30 heavy (non-hydrogen) atoms. The maximum absolute atomic E-state index is 13.8. The molecule has 0 unspecified atom stereocenters. The maximum atomic E-state index is 13.8. The molecule has 0 atom stereocenters. The van der Waals surface area contributed by atoms with E-state index in [2.05, 4.69) is 10.6 Å². The fourth-order valence-corrected chi connectivity index (χ4v) is 2.91. The summed E-state index contributed by atoms with van der Waals surface area (Å²) in [6, 6.07) is 13.5. The van der Waals surface area contributed by atoms with Crippen LogP contribution in [0.4, 0.5) is 18.9 Å². The molecule has 3 aromatic carbocycles. The van der Waals surface area contributed by atoms with Crippen LogP contribution in [0.2, 0.25) is 0 Å². The van der Waals surface area contributed by atoms with Gasteiger partial charge in [0.25, 0.3) is 11.8 Å². The Kier molecular flexibility index (Phi) is 6.51. The molecule has 7 heteroatoms. The lowest BCUT2D eigenvalue weighted by atomic mass is 10.1. The highest BCUT2D eigenvalue weighted by molar-refractivity contribution is 6.05. The first-order valence-electron chi connectivity index (χ1n) is 9.23. The zero-order valence-corrected chi connectivity index (χ0v) is 16.1. The molecule has 2 amide bonds. The average Bonchev–Trinajstić information content (AvgIpc) is 2.69. The third-order valence-corrected chi connectivity index (χ3v) is 4.49. The molecular formula is C23H19F3N2O2. The predicted molar refractivity (Wildman–Crippen MR) is 108 cm³/mol. The van der Waals surface area contributed by atoms with Crippen molar-refractivity contribution < 1.29 is 22.8 Å². The number of carbonyl (C=O) groups excluding carboxylic acids is 2. The number of benzene rings is 3. The SMILES string of the molecule is Cc1ccc(C(=O)NCCc2cc(F)cc(F)c2)cc1NC(=O)c1ccccc1F. The average molecular weight is 412 g/mol. The Morgan fingerprint density at radius 1 is 0.867 bits per heavy atom. The van der Waals surface area contributed by atoms with E-state index in [9.17, 15) is 22.8 Å². The van der Waals surface area contributed by atoms with Crippen LogP contribution < -0.4 is 10.6 Å². The number of hydrogen-bond acceptors (Lipinski definition) is 2. The van der Waals surface area contributed by atoms with Gasteiger partial charge in [-0.2, -0.15) is 0 Å². The number of aryl methyl sites for hydroxylation is 1. The summed E-state index contributed by atoms with van der Waals surface area (Å²) < 4.78 is 40.3. The summed E-state index contributed by atoms with van der Waals surface area (Å²) in [6.07, 6.45) is 0.253. The van der Waals surface area contributed by atoms with Crippen LogP contribution in [0, 0.1) is 24.4 Å². The van der Waals surface area contributed by atoms with Crippen molar-refractivity contribution in [3.63, 3.8) is 0 Å². The van der Waals surface area contributed by atoms with Gasteiger partial charge in [0.05, 0.1) is 5.56 Å². The van der Waals surface area contributed by atoms with Gasteiger partial charge in [-0.25, -0.2) is 13.2 Å². The summed E-state index contributed by atoms with van der Waals surface area (Å²) >= 11 is 0. The molecule has 0 aliphatic carbocycles. The predicted octanol–water partition coefficient (Wildman–Crippen LogP) is 4.64. The quantitative estimate of drug-likeness (QED) is 0.620. The first-order chi connectivity index (χ1) is 14.3. The number of hydrogen-bond donors (Lipinski definition) is 2. The van der Waals surface area contributed by atoms with Gasteiger partial charge in [0.15, 0.2) is 0 Å². The highest BCUT2D eigenvalue weighted by Crippen LogP contribution is 2.19. The van der Waals surface area contributed by atoms with Crippen LogP contribution in [0.5, 0.6) is 0 Å². The van der Waals surface area contributed by atoms with E-state index in [1.165, 1.54) is 36.4 Å². The fourth-order valence-electron chi connectivity index (χ4n) is 2.91. The van der Waals surface area contributed by atoms with E-state index in [4.69, 9.17) is 0 Å². The minimum absolute atomic E-state index is 0.103. The van der Waals surface area contributed by atoms with Crippen LogP contribution in [-0.4, -0.2) is 18.4 Å². The number of amides is 2. The van der Waals surface area contributed by atoms with Crippen LogP contribution in [0.3, 0.4) is 0 Å². The minimum Gasteiger partial charge on any atom is -0.352 e. The van der Waals surface area contributed by atoms with Gasteiger partial charge >= 0.3 is 0 Å². The van der Waals surface area contributed by atoms with Gasteiger partial charge in [0, 0.05) is 23.9 Å². The normalized spacial score (nSPS) is 10.5. The zero-order chi connectivity index (χ0) is 21.7. The summed E-state index contributed by atoms with van der Waals surface area (Å²) in [7, 11) is 0. The lowest BCUT2D eigenvalue weighted by Crippen LogP contribution is -2.26. The summed E-state index contributed by atoms with van der Waals surface area (Å²) in [5.41, 5.74) is 1.69. The molecule has 0 radical (unpaired) electrons. The molecule has 4 nitrogen and oxygen atoms in total. The molecule has 0 aliphatic rings. The molecule has 2 N–H and O–H groups in total. The Morgan fingerprint density at radius 2 is 1.57 bits per heavy atom. The summed E-state index contributed by atoms with van der Waals surface area (Å²) in [4.78, 5) is 24.7. The molecule has 0 bridgehead atoms. The second-order valence-electron chi connectivity index (χ2n) is 6.75. The van der Waals surface area contributed by atoms with Gasteiger partial charge in [-0.05, 0) is 60.9 Å². The second-order valence-corrected chi connectivity index (χ2v) is 6.75. The van der Waals surface area contributed by atoms with Gasteiger partial charge in [-0.1, -0.05) is 18.2 Å². The highest BCUT2D eigenvalue weighted by Gasteiger charge is 2.14. The van der Waals surface area contributed by atoms with Crippen molar-refractivity contribution in [2.24, 2.45) is 0 Å². The molecule has 0 spiro atoms. The van der Waals surface area contributed by atoms with E-state index in [0.29, 0.717) is 16.8 Å². The Hall–Kier alpha value is -3.61. The van der Waals surface area contributed by atoms with Gasteiger partial charge in [0.2, 0.25) is 0 Å². The van der Waals surface area contributed by atoms with Gasteiger partial charge in [-0.15, -0.1) is 0 Å². The number of nitrogens with one attached hydrogen (secondary N) is 2. The van der Waals surface area contributed by atoms with Crippen LogP contribution in [0.1, 0.15) is 31.8 Å². The van der Waals surface area contributed by atoms with Crippen LogP contribution in [0.25, 0.3) is 0 Å². The van der Waals surface area contributed by atoms with E-state index < -0.39 is 29.3 Å². The summed E-state index contributed by atoms with van der Waals surface area (Å²) in [5, 5.41) is 5.29. The second kappa shape index (κ2) is 9.26. The van der Waals surface area contributed by atoms with Crippen LogP contribution >= 0.6 is 0 Å². The molecule has 3 aromatic rings. The third-order valence-electron chi connectivity index (χ3n) is 4.49. The molecule has 154 valence electrons. The first-order valence-corrected chi connectivity index (χ1v) is 9.23. The monoisotopic (exact) mass is 412 g/mol. The highest BCUT2D eigenvalue weighted by atomic mass is 19.1. The van der Waals surface area contributed by atoms with Crippen LogP contribution in [-0.2, 0) is 6.42 Å². The molecular weight excluding hydrogens is 393 g/mol. The summed E-state index contributed by atoms with van der Waals surface area (Å²) in [5.74, 6) is -3.03. The minimum atomic E-state index is -0.676.